The highest BCUT2D eigenvalue weighted by atomic mass is 79.9. The fraction of sp³-hybridized carbons (Fsp3) is 0.214. The van der Waals surface area contributed by atoms with E-state index >= 15 is 0 Å². The number of halogens is 2. The number of nitrogens with zero attached hydrogens (tertiary/aromatic N) is 1. The molecule has 94 valence electrons. The Morgan fingerprint density at radius 3 is 2.22 bits per heavy atom. The normalized spacial score (nSPS) is 12.4. The molecule has 2 N–H and O–H groups in total. The highest BCUT2D eigenvalue weighted by Crippen LogP contribution is 2.13. The van der Waals surface area contributed by atoms with Gasteiger partial charge in [-0.05, 0) is 52.2 Å². The number of hydrogen-bond acceptors (Lipinski definition) is 2. The number of rotatable bonds is 4. The van der Waals surface area contributed by atoms with Crippen molar-refractivity contribution in [2.45, 2.75) is 18.9 Å². The molecule has 2 nitrogen and oxygen atoms in total. The Bertz CT molecular complexity index is 447. The second-order valence-electron chi connectivity index (χ2n) is 4.26. The molecule has 18 heavy (non-hydrogen) atoms. The van der Waals surface area contributed by atoms with Gasteiger partial charge in [0.25, 0.3) is 0 Å². The second-order valence-corrected chi connectivity index (χ2v) is 6.09. The third-order valence-electron chi connectivity index (χ3n) is 2.67. The summed E-state index contributed by atoms with van der Waals surface area (Å²) in [5, 5.41) is 0. The van der Waals surface area contributed by atoms with Crippen molar-refractivity contribution in [2.24, 2.45) is 5.73 Å². The molecule has 0 amide bonds. The topological polar surface area (TPSA) is 38.9 Å². The molecule has 1 unspecified atom stereocenters. The van der Waals surface area contributed by atoms with Crippen LogP contribution in [-0.4, -0.2) is 11.0 Å². The largest absolute Gasteiger partial charge is 0.327 e. The monoisotopic (exact) mass is 368 g/mol. The van der Waals surface area contributed by atoms with Crippen molar-refractivity contribution in [1.29, 1.82) is 0 Å². The molecule has 1 aromatic carbocycles. The minimum absolute atomic E-state index is 0.0971. The van der Waals surface area contributed by atoms with Gasteiger partial charge in [0.05, 0.1) is 0 Å². The van der Waals surface area contributed by atoms with Gasteiger partial charge in [0, 0.05) is 33.3 Å². The van der Waals surface area contributed by atoms with Crippen LogP contribution >= 0.6 is 31.9 Å². The van der Waals surface area contributed by atoms with Crippen LogP contribution in [0.15, 0.2) is 51.5 Å². The molecule has 0 saturated carbocycles. The fourth-order valence-electron chi connectivity index (χ4n) is 1.79. The molecule has 4 heteroatoms. The highest BCUT2D eigenvalue weighted by molar-refractivity contribution is 9.10. The van der Waals surface area contributed by atoms with Crippen molar-refractivity contribution in [1.82, 2.24) is 4.98 Å². The molecule has 2 aromatic rings. The Morgan fingerprint density at radius 1 is 0.944 bits per heavy atom. The third-order valence-corrected chi connectivity index (χ3v) is 3.67. The van der Waals surface area contributed by atoms with Crippen LogP contribution in [0.5, 0.6) is 0 Å². The molecule has 0 aliphatic carbocycles. The molecule has 0 saturated heterocycles. The maximum Gasteiger partial charge on any atom is 0.0420 e. The summed E-state index contributed by atoms with van der Waals surface area (Å²) in [5.74, 6) is 0. The van der Waals surface area contributed by atoms with Crippen LogP contribution in [0.2, 0.25) is 0 Å². The smallest absolute Gasteiger partial charge is 0.0420 e. The summed E-state index contributed by atoms with van der Waals surface area (Å²) >= 11 is 6.80. The lowest BCUT2D eigenvalue weighted by atomic mass is 10.0. The van der Waals surface area contributed by atoms with Crippen molar-refractivity contribution in [2.75, 3.05) is 0 Å². The summed E-state index contributed by atoms with van der Waals surface area (Å²) in [5.41, 5.74) is 8.43. The first kappa shape index (κ1) is 13.7. The van der Waals surface area contributed by atoms with Gasteiger partial charge in [0.1, 0.15) is 0 Å². The van der Waals surface area contributed by atoms with Crippen LogP contribution in [0.25, 0.3) is 0 Å². The summed E-state index contributed by atoms with van der Waals surface area (Å²) in [6.45, 7) is 0. The number of pyridine rings is 1. The van der Waals surface area contributed by atoms with Gasteiger partial charge in [-0.15, -0.1) is 0 Å². The molecule has 0 radical (unpaired) electrons. The van der Waals surface area contributed by atoms with E-state index in [0.29, 0.717) is 0 Å². The average Bonchev–Trinajstić information content (AvgIpc) is 2.35. The molecular weight excluding hydrogens is 356 g/mol. The fourth-order valence-corrected chi connectivity index (χ4v) is 2.29. The van der Waals surface area contributed by atoms with E-state index in [-0.39, 0.29) is 6.04 Å². The molecule has 0 aliphatic rings. The van der Waals surface area contributed by atoms with Gasteiger partial charge >= 0.3 is 0 Å². The van der Waals surface area contributed by atoms with E-state index in [9.17, 15) is 0 Å². The molecular formula is C14H14Br2N2. The molecule has 2 rings (SSSR count). The van der Waals surface area contributed by atoms with Crippen molar-refractivity contribution in [3.63, 3.8) is 0 Å². The summed E-state index contributed by atoms with van der Waals surface area (Å²) in [7, 11) is 0. The van der Waals surface area contributed by atoms with Crippen molar-refractivity contribution >= 4 is 31.9 Å². The van der Waals surface area contributed by atoms with E-state index in [2.05, 4.69) is 49.0 Å². The van der Waals surface area contributed by atoms with Gasteiger partial charge in [0.15, 0.2) is 0 Å². The molecule has 0 bridgehead atoms. The van der Waals surface area contributed by atoms with E-state index in [4.69, 9.17) is 5.73 Å². The summed E-state index contributed by atoms with van der Waals surface area (Å²) < 4.78 is 2.09. The van der Waals surface area contributed by atoms with Gasteiger partial charge in [-0.25, -0.2) is 0 Å². The van der Waals surface area contributed by atoms with Crippen LogP contribution in [0.3, 0.4) is 0 Å². The van der Waals surface area contributed by atoms with Crippen molar-refractivity contribution < 1.29 is 0 Å². The number of benzene rings is 1. The second kappa shape index (κ2) is 6.45. The lowest BCUT2D eigenvalue weighted by Gasteiger charge is -2.11. The molecule has 0 spiro atoms. The van der Waals surface area contributed by atoms with Gasteiger partial charge in [0.2, 0.25) is 0 Å². The molecule has 0 fully saturated rings. The lowest BCUT2D eigenvalue weighted by Crippen LogP contribution is -2.25. The van der Waals surface area contributed by atoms with Gasteiger partial charge in [-0.3, -0.25) is 4.98 Å². The van der Waals surface area contributed by atoms with Gasteiger partial charge < -0.3 is 5.73 Å². The molecule has 1 heterocycles. The quantitative estimate of drug-likeness (QED) is 0.891. The minimum Gasteiger partial charge on any atom is -0.327 e. The van der Waals surface area contributed by atoms with Crippen LogP contribution in [-0.2, 0) is 12.8 Å². The van der Waals surface area contributed by atoms with Crippen molar-refractivity contribution in [3.05, 3.63) is 62.8 Å². The maximum absolute atomic E-state index is 6.15. The van der Waals surface area contributed by atoms with E-state index in [1.807, 2.05) is 30.5 Å². The van der Waals surface area contributed by atoms with Gasteiger partial charge in [-0.2, -0.15) is 0 Å². The zero-order chi connectivity index (χ0) is 13.0. The number of nitrogens with two attached hydrogens (primary N) is 1. The Hall–Kier alpha value is -0.710. The first-order valence-electron chi connectivity index (χ1n) is 5.74. The Balaban J connectivity index is 1.94. The van der Waals surface area contributed by atoms with E-state index in [1.165, 1.54) is 5.56 Å². The zero-order valence-electron chi connectivity index (χ0n) is 9.81. The SMILES string of the molecule is NC(Cc1ccc(Br)cc1)Cc1ccc(Br)cn1. The van der Waals surface area contributed by atoms with Crippen molar-refractivity contribution in [3.8, 4) is 0 Å². The van der Waals surface area contributed by atoms with E-state index in [0.717, 1.165) is 27.5 Å². The summed E-state index contributed by atoms with van der Waals surface area (Å²) in [6, 6.07) is 12.4. The highest BCUT2D eigenvalue weighted by Gasteiger charge is 2.06. The van der Waals surface area contributed by atoms with Crippen LogP contribution < -0.4 is 5.73 Å². The predicted molar refractivity (Wildman–Crippen MR) is 81.5 cm³/mol. The lowest BCUT2D eigenvalue weighted by molar-refractivity contribution is 0.654. The van der Waals surface area contributed by atoms with Gasteiger partial charge in [-0.1, -0.05) is 28.1 Å². The number of aromatic nitrogens is 1. The Morgan fingerprint density at radius 2 is 1.61 bits per heavy atom. The van der Waals surface area contributed by atoms with E-state index < -0.39 is 0 Å². The Labute approximate surface area is 124 Å². The Kier molecular flexibility index (Phi) is 4.92. The molecule has 1 atom stereocenters. The van der Waals surface area contributed by atoms with Crippen LogP contribution in [0.4, 0.5) is 0 Å². The number of hydrogen-bond donors (Lipinski definition) is 1. The van der Waals surface area contributed by atoms with Crippen LogP contribution in [0, 0.1) is 0 Å². The first-order valence-corrected chi connectivity index (χ1v) is 7.32. The zero-order valence-corrected chi connectivity index (χ0v) is 13.0. The summed E-state index contributed by atoms with van der Waals surface area (Å²) in [4.78, 5) is 4.34. The van der Waals surface area contributed by atoms with E-state index in [1.54, 1.807) is 0 Å². The standard InChI is InChI=1S/C14H14Br2N2/c15-11-3-1-10(2-4-11)7-13(17)8-14-6-5-12(16)9-18-14/h1-6,9,13H,7-8,17H2. The third kappa shape index (κ3) is 4.19. The molecule has 1 aromatic heterocycles. The maximum atomic E-state index is 6.15. The minimum atomic E-state index is 0.0971. The van der Waals surface area contributed by atoms with Crippen LogP contribution in [0.1, 0.15) is 11.3 Å². The average molecular weight is 370 g/mol. The predicted octanol–water partition coefficient (Wildman–Crippen LogP) is 3.72. The molecule has 0 aliphatic heterocycles. The summed E-state index contributed by atoms with van der Waals surface area (Å²) in [6.07, 6.45) is 3.47. The first-order chi connectivity index (χ1) is 8.63.